The predicted octanol–water partition coefficient (Wildman–Crippen LogP) is 3.42. The molecule has 0 saturated carbocycles. The van der Waals surface area contributed by atoms with Crippen LogP contribution in [-0.2, 0) is 11.3 Å². The van der Waals surface area contributed by atoms with Gasteiger partial charge in [-0.1, -0.05) is 6.07 Å². The van der Waals surface area contributed by atoms with E-state index in [2.05, 4.69) is 20.6 Å². The van der Waals surface area contributed by atoms with Gasteiger partial charge in [0.1, 0.15) is 11.6 Å². The maximum Gasteiger partial charge on any atom is 0.191 e. The SMILES string of the molecule is CCOCCCCNC(=NC)NCc1ccc(-n2ccnc2C)c(F)c1.I. The van der Waals surface area contributed by atoms with Crippen LogP contribution in [0.1, 0.15) is 31.2 Å². The Hall–Kier alpha value is -1.68. The van der Waals surface area contributed by atoms with E-state index in [9.17, 15) is 4.39 Å². The molecule has 0 aliphatic carbocycles. The summed E-state index contributed by atoms with van der Waals surface area (Å²) < 4.78 is 21.5. The van der Waals surface area contributed by atoms with Crippen LogP contribution < -0.4 is 10.6 Å². The highest BCUT2D eigenvalue weighted by molar-refractivity contribution is 14.0. The Morgan fingerprint density at radius 1 is 1.30 bits per heavy atom. The van der Waals surface area contributed by atoms with Gasteiger partial charge in [0.15, 0.2) is 5.96 Å². The summed E-state index contributed by atoms with van der Waals surface area (Å²) in [6, 6.07) is 5.21. The number of hydrogen-bond donors (Lipinski definition) is 2. The van der Waals surface area contributed by atoms with Gasteiger partial charge in [0.05, 0.1) is 5.69 Å². The fraction of sp³-hybridized carbons (Fsp3) is 0.474. The van der Waals surface area contributed by atoms with Crippen LogP contribution in [0.3, 0.4) is 0 Å². The summed E-state index contributed by atoms with van der Waals surface area (Å²) >= 11 is 0. The molecule has 2 rings (SSSR count). The minimum absolute atomic E-state index is 0. The van der Waals surface area contributed by atoms with Gasteiger partial charge in [0.2, 0.25) is 0 Å². The predicted molar refractivity (Wildman–Crippen MR) is 118 cm³/mol. The Kier molecular flexibility index (Phi) is 11.0. The topological polar surface area (TPSA) is 63.5 Å². The Bertz CT molecular complexity index is 720. The Labute approximate surface area is 177 Å². The van der Waals surface area contributed by atoms with Crippen LogP contribution in [0.2, 0.25) is 0 Å². The minimum Gasteiger partial charge on any atom is -0.382 e. The third-order valence-corrected chi connectivity index (χ3v) is 3.99. The molecule has 0 bridgehead atoms. The summed E-state index contributed by atoms with van der Waals surface area (Å²) in [6.45, 7) is 6.70. The van der Waals surface area contributed by atoms with Gasteiger partial charge >= 0.3 is 0 Å². The van der Waals surface area contributed by atoms with Crippen molar-refractivity contribution >= 4 is 29.9 Å². The molecule has 150 valence electrons. The van der Waals surface area contributed by atoms with Crippen LogP contribution in [0, 0.1) is 12.7 Å². The van der Waals surface area contributed by atoms with Gasteiger partial charge in [-0.2, -0.15) is 0 Å². The number of aromatic nitrogens is 2. The maximum absolute atomic E-state index is 14.4. The summed E-state index contributed by atoms with van der Waals surface area (Å²) in [6.07, 6.45) is 5.43. The van der Waals surface area contributed by atoms with Gasteiger partial charge in [-0.25, -0.2) is 9.37 Å². The van der Waals surface area contributed by atoms with E-state index in [0.717, 1.165) is 44.0 Å². The van der Waals surface area contributed by atoms with E-state index in [1.807, 2.05) is 19.9 Å². The van der Waals surface area contributed by atoms with Gasteiger partial charge in [0, 0.05) is 45.7 Å². The lowest BCUT2D eigenvalue weighted by Crippen LogP contribution is -2.37. The molecule has 0 spiro atoms. The summed E-state index contributed by atoms with van der Waals surface area (Å²) in [5, 5.41) is 6.45. The zero-order valence-corrected chi connectivity index (χ0v) is 18.5. The second-order valence-corrected chi connectivity index (χ2v) is 5.89. The van der Waals surface area contributed by atoms with E-state index in [-0.39, 0.29) is 29.8 Å². The van der Waals surface area contributed by atoms with Crippen LogP contribution >= 0.6 is 24.0 Å². The van der Waals surface area contributed by atoms with Crippen molar-refractivity contribution in [2.45, 2.75) is 33.2 Å². The first-order valence-corrected chi connectivity index (χ1v) is 8.96. The van der Waals surface area contributed by atoms with E-state index in [4.69, 9.17) is 4.74 Å². The summed E-state index contributed by atoms with van der Waals surface area (Å²) in [5.74, 6) is 1.18. The smallest absolute Gasteiger partial charge is 0.191 e. The number of rotatable bonds is 9. The highest BCUT2D eigenvalue weighted by atomic mass is 127. The van der Waals surface area contributed by atoms with E-state index >= 15 is 0 Å². The zero-order valence-electron chi connectivity index (χ0n) is 16.2. The lowest BCUT2D eigenvalue weighted by molar-refractivity contribution is 0.143. The number of benzene rings is 1. The van der Waals surface area contributed by atoms with E-state index in [1.165, 1.54) is 6.07 Å². The van der Waals surface area contributed by atoms with Gasteiger partial charge in [-0.3, -0.25) is 4.99 Å². The quantitative estimate of drug-likeness (QED) is 0.245. The second-order valence-electron chi connectivity index (χ2n) is 5.89. The molecule has 0 unspecified atom stereocenters. The molecule has 0 atom stereocenters. The molecule has 0 radical (unpaired) electrons. The average Bonchev–Trinajstić information content (AvgIpc) is 3.06. The number of hydrogen-bond acceptors (Lipinski definition) is 3. The molecule has 1 heterocycles. The van der Waals surface area contributed by atoms with Gasteiger partial charge in [-0.15, -0.1) is 24.0 Å². The largest absolute Gasteiger partial charge is 0.382 e. The number of guanidine groups is 1. The third-order valence-electron chi connectivity index (χ3n) is 3.99. The van der Waals surface area contributed by atoms with Gasteiger partial charge in [-0.05, 0) is 44.4 Å². The lowest BCUT2D eigenvalue weighted by Gasteiger charge is -2.13. The molecular formula is C19H29FIN5O. The van der Waals surface area contributed by atoms with Crippen molar-refractivity contribution in [1.29, 1.82) is 0 Å². The third kappa shape index (κ3) is 7.45. The molecule has 0 amide bonds. The van der Waals surface area contributed by atoms with Crippen LogP contribution in [0.5, 0.6) is 0 Å². The molecule has 0 fully saturated rings. The molecule has 2 N–H and O–H groups in total. The van der Waals surface area contributed by atoms with E-state index in [0.29, 0.717) is 18.2 Å². The number of nitrogens with one attached hydrogen (secondary N) is 2. The fourth-order valence-corrected chi connectivity index (χ4v) is 2.57. The Morgan fingerprint density at radius 2 is 2.11 bits per heavy atom. The molecule has 2 aromatic rings. The van der Waals surface area contributed by atoms with Crippen LogP contribution in [0.4, 0.5) is 4.39 Å². The molecule has 0 saturated heterocycles. The van der Waals surface area contributed by atoms with Crippen molar-refractivity contribution in [2.75, 3.05) is 26.8 Å². The van der Waals surface area contributed by atoms with Crippen molar-refractivity contribution in [2.24, 2.45) is 4.99 Å². The number of halogens is 2. The average molecular weight is 489 g/mol. The first kappa shape index (κ1) is 23.4. The number of nitrogens with zero attached hydrogens (tertiary/aromatic N) is 3. The summed E-state index contributed by atoms with van der Waals surface area (Å²) in [4.78, 5) is 8.32. The van der Waals surface area contributed by atoms with E-state index in [1.54, 1.807) is 30.1 Å². The van der Waals surface area contributed by atoms with Crippen LogP contribution in [0.15, 0.2) is 35.6 Å². The highest BCUT2D eigenvalue weighted by Crippen LogP contribution is 2.16. The first-order valence-electron chi connectivity index (χ1n) is 8.96. The molecule has 0 aliphatic heterocycles. The normalized spacial score (nSPS) is 11.2. The van der Waals surface area contributed by atoms with Crippen molar-refractivity contribution in [3.8, 4) is 5.69 Å². The monoisotopic (exact) mass is 489 g/mol. The lowest BCUT2D eigenvalue weighted by atomic mass is 10.2. The maximum atomic E-state index is 14.4. The van der Waals surface area contributed by atoms with Crippen molar-refractivity contribution < 1.29 is 9.13 Å². The fourth-order valence-electron chi connectivity index (χ4n) is 2.57. The molecule has 0 aliphatic rings. The van der Waals surface area contributed by atoms with Gasteiger partial charge < -0.3 is 19.9 Å². The first-order chi connectivity index (χ1) is 12.7. The molecule has 1 aromatic carbocycles. The molecule has 27 heavy (non-hydrogen) atoms. The molecule has 1 aromatic heterocycles. The summed E-state index contributed by atoms with van der Waals surface area (Å²) in [5.41, 5.74) is 1.35. The number of aryl methyl sites for hydroxylation is 1. The molecule has 6 nitrogen and oxygen atoms in total. The minimum atomic E-state index is -0.274. The Balaban J connectivity index is 0.00000364. The second kappa shape index (κ2) is 12.7. The number of imidazole rings is 1. The van der Waals surface area contributed by atoms with Crippen molar-refractivity contribution in [1.82, 2.24) is 20.2 Å². The highest BCUT2D eigenvalue weighted by Gasteiger charge is 2.08. The molecular weight excluding hydrogens is 460 g/mol. The van der Waals surface area contributed by atoms with Gasteiger partial charge in [0.25, 0.3) is 0 Å². The van der Waals surface area contributed by atoms with Crippen LogP contribution in [-0.4, -0.2) is 42.3 Å². The Morgan fingerprint density at radius 3 is 2.74 bits per heavy atom. The molecule has 8 heteroatoms. The standard InChI is InChI=1S/C19H28FN5O.HI/c1-4-26-12-6-5-9-23-19(21-3)24-14-16-7-8-18(17(20)13-16)25-11-10-22-15(25)2;/h7-8,10-11,13H,4-6,9,12,14H2,1-3H3,(H2,21,23,24);1H. The summed E-state index contributed by atoms with van der Waals surface area (Å²) in [7, 11) is 1.72. The van der Waals surface area contributed by atoms with E-state index < -0.39 is 0 Å². The van der Waals surface area contributed by atoms with Crippen molar-refractivity contribution in [3.05, 3.63) is 47.8 Å². The number of ether oxygens (including phenoxy) is 1. The van der Waals surface area contributed by atoms with Crippen LogP contribution in [0.25, 0.3) is 5.69 Å². The number of unbranched alkanes of at least 4 members (excludes halogenated alkanes) is 1. The zero-order chi connectivity index (χ0) is 18.8. The number of aliphatic imine (C=N–C) groups is 1. The van der Waals surface area contributed by atoms with Crippen molar-refractivity contribution in [3.63, 3.8) is 0 Å².